The van der Waals surface area contributed by atoms with E-state index in [4.69, 9.17) is 9.47 Å². The zero-order valence-corrected chi connectivity index (χ0v) is 33.7. The van der Waals surface area contributed by atoms with Gasteiger partial charge >= 0.3 is 18.0 Å². The molecule has 4 aromatic rings. The first kappa shape index (κ1) is 39.7. The number of esters is 1. The summed E-state index contributed by atoms with van der Waals surface area (Å²) in [5.74, 6) is -4.50. The first-order valence-electron chi connectivity index (χ1n) is 20.5. The molecule has 61 heavy (non-hydrogen) atoms. The summed E-state index contributed by atoms with van der Waals surface area (Å²) in [4.78, 5) is 102. The first-order chi connectivity index (χ1) is 29.3. The van der Waals surface area contributed by atoms with Gasteiger partial charge in [-0.15, -0.1) is 0 Å². The minimum atomic E-state index is -1.86. The zero-order valence-electron chi connectivity index (χ0n) is 33.7. The molecule has 0 radical (unpaired) electrons. The van der Waals surface area contributed by atoms with Gasteiger partial charge in [-0.3, -0.25) is 24.0 Å². The van der Waals surface area contributed by atoms with Crippen LogP contribution >= 0.6 is 0 Å². The van der Waals surface area contributed by atoms with E-state index in [9.17, 15) is 38.7 Å². The molecule has 4 aromatic carbocycles. The first-order valence-corrected chi connectivity index (χ1v) is 20.5. The van der Waals surface area contributed by atoms with Crippen LogP contribution in [0.3, 0.4) is 0 Å². The number of carbonyl (C=O) groups excluding carboxylic acids is 6. The van der Waals surface area contributed by atoms with Crippen LogP contribution in [0.2, 0.25) is 0 Å². The smallest absolute Gasteiger partial charge is 0.408 e. The summed E-state index contributed by atoms with van der Waals surface area (Å²) in [6, 6.07) is 26.6. The topological polar surface area (TPSA) is 192 Å². The van der Waals surface area contributed by atoms with Gasteiger partial charge in [0.15, 0.2) is 5.54 Å². The number of nitrogens with one attached hydrogen (secondary N) is 2. The number of nitrogens with zero attached hydrogens (tertiary/aromatic N) is 3. The maximum Gasteiger partial charge on any atom is 0.408 e. The number of carboxylic acids is 1. The second kappa shape index (κ2) is 14.7. The highest BCUT2D eigenvalue weighted by atomic mass is 16.6. The summed E-state index contributed by atoms with van der Waals surface area (Å²) in [6.45, 7) is 0.912. The third-order valence-corrected chi connectivity index (χ3v) is 13.6. The molecule has 3 N–H and O–H groups in total. The van der Waals surface area contributed by atoms with Gasteiger partial charge in [0.1, 0.15) is 29.8 Å². The minimum absolute atomic E-state index is 0.00835. The number of ether oxygens (including phenoxy) is 2. The minimum Gasteiger partial charge on any atom is -0.481 e. The molecule has 5 aliphatic rings. The predicted molar refractivity (Wildman–Crippen MR) is 218 cm³/mol. The van der Waals surface area contributed by atoms with E-state index >= 15 is 0 Å². The molecule has 4 aliphatic heterocycles. The molecular weight excluding hydrogens is 783 g/mol. The summed E-state index contributed by atoms with van der Waals surface area (Å²) < 4.78 is 10.9. The highest BCUT2D eigenvalue weighted by Crippen LogP contribution is 2.46. The van der Waals surface area contributed by atoms with E-state index in [1.54, 1.807) is 6.92 Å². The highest BCUT2D eigenvalue weighted by molar-refractivity contribution is 6.07. The molecule has 5 amide bonds. The Bertz CT molecular complexity index is 2490. The van der Waals surface area contributed by atoms with Crippen LogP contribution in [-0.2, 0) is 44.8 Å². The molecule has 4 fully saturated rings. The quantitative estimate of drug-likeness (QED) is 0.199. The fraction of sp³-hybridized carbons (Fsp3) is 0.370. The predicted octanol–water partition coefficient (Wildman–Crippen LogP) is 3.72. The lowest BCUT2D eigenvalue weighted by molar-refractivity contribution is -0.171. The average molecular weight is 828 g/mol. The van der Waals surface area contributed by atoms with Crippen LogP contribution in [0, 0.1) is 0 Å². The summed E-state index contributed by atoms with van der Waals surface area (Å²) in [5, 5.41) is 17.1. The fourth-order valence-corrected chi connectivity index (χ4v) is 10.6. The second-order valence-electron chi connectivity index (χ2n) is 16.7. The Balaban J connectivity index is 0.975. The zero-order chi connectivity index (χ0) is 42.8. The van der Waals surface area contributed by atoms with E-state index in [1.165, 1.54) is 14.7 Å². The number of methoxy groups -OCH3 is 1. The van der Waals surface area contributed by atoms with E-state index in [0.29, 0.717) is 0 Å². The van der Waals surface area contributed by atoms with Crippen molar-refractivity contribution in [1.29, 1.82) is 0 Å². The third kappa shape index (κ3) is 6.19. The van der Waals surface area contributed by atoms with Gasteiger partial charge in [0.25, 0.3) is 5.91 Å². The van der Waals surface area contributed by atoms with Crippen molar-refractivity contribution in [2.45, 2.75) is 80.2 Å². The Morgan fingerprint density at radius 3 is 2.16 bits per heavy atom. The second-order valence-corrected chi connectivity index (χ2v) is 16.7. The van der Waals surface area contributed by atoms with Gasteiger partial charge < -0.3 is 39.9 Å². The molecule has 1 unspecified atom stereocenters. The molecule has 9 rings (SSSR count). The largest absolute Gasteiger partial charge is 0.481 e. The van der Waals surface area contributed by atoms with Crippen LogP contribution in [-0.4, -0.2) is 117 Å². The van der Waals surface area contributed by atoms with Crippen molar-refractivity contribution in [3.05, 3.63) is 108 Å². The number of carbonyl (C=O) groups is 7. The lowest BCUT2D eigenvalue weighted by atomic mass is 9.82. The maximum absolute atomic E-state index is 14.8. The highest BCUT2D eigenvalue weighted by Gasteiger charge is 2.68. The molecule has 0 bridgehead atoms. The van der Waals surface area contributed by atoms with E-state index < -0.39 is 76.9 Å². The number of carboxylic acid groups (broad SMARTS) is 1. The van der Waals surface area contributed by atoms with Crippen LogP contribution in [0.4, 0.5) is 4.79 Å². The summed E-state index contributed by atoms with van der Waals surface area (Å²) in [5.41, 5.74) is -0.350. The maximum atomic E-state index is 14.8. The fourth-order valence-electron chi connectivity index (χ4n) is 10.6. The average Bonchev–Trinajstić information content (AvgIpc) is 3.95. The molecule has 15 heteroatoms. The number of hydrogen-bond acceptors (Lipinski definition) is 9. The summed E-state index contributed by atoms with van der Waals surface area (Å²) >= 11 is 0. The molecule has 314 valence electrons. The van der Waals surface area contributed by atoms with Crippen LogP contribution in [0.15, 0.2) is 91.0 Å². The number of piperazine rings is 2. The number of fused-ring (bicyclic) bond motifs is 6. The van der Waals surface area contributed by atoms with Crippen LogP contribution < -0.4 is 10.6 Å². The molecular formula is C46H45N5O10. The van der Waals surface area contributed by atoms with Crippen molar-refractivity contribution in [3.8, 4) is 11.1 Å². The number of rotatable bonds is 10. The molecule has 0 aromatic heterocycles. The van der Waals surface area contributed by atoms with Crippen molar-refractivity contribution in [2.75, 3.05) is 26.8 Å². The Morgan fingerprint density at radius 1 is 0.820 bits per heavy atom. The van der Waals surface area contributed by atoms with Crippen LogP contribution in [0.1, 0.15) is 61.6 Å². The van der Waals surface area contributed by atoms with E-state index in [1.807, 2.05) is 91.0 Å². The third-order valence-electron chi connectivity index (χ3n) is 13.6. The normalized spacial score (nSPS) is 26.5. The monoisotopic (exact) mass is 827 g/mol. The van der Waals surface area contributed by atoms with E-state index in [2.05, 4.69) is 10.6 Å². The molecule has 5 atom stereocenters. The van der Waals surface area contributed by atoms with Crippen molar-refractivity contribution in [1.82, 2.24) is 25.3 Å². The molecule has 15 nitrogen and oxygen atoms in total. The molecule has 4 saturated heterocycles. The Hall–Kier alpha value is -6.77. The number of amides is 5. The van der Waals surface area contributed by atoms with Crippen molar-refractivity contribution < 1.29 is 48.1 Å². The number of aliphatic carboxylic acids is 1. The van der Waals surface area contributed by atoms with E-state index in [0.717, 1.165) is 45.7 Å². The van der Waals surface area contributed by atoms with Crippen LogP contribution in [0.25, 0.3) is 21.9 Å². The Labute approximate surface area is 350 Å². The van der Waals surface area contributed by atoms with E-state index in [-0.39, 0.29) is 57.7 Å². The SMILES string of the molecule is CC[C@@]1(CCC(=O)O)C(=O)N2C[C@]3(C[C@H]2C(=O)N1Cc1cccc2ccccc12)NC(=O)C1C[C@@](NC(=O)OCC2c4ccccc4-c4ccccc42)(C(=O)OC)CN1C3=O. The molecule has 0 saturated carbocycles. The van der Waals surface area contributed by atoms with Gasteiger partial charge in [-0.05, 0) is 51.4 Å². The van der Waals surface area contributed by atoms with Crippen molar-refractivity contribution in [2.24, 2.45) is 0 Å². The lowest BCUT2D eigenvalue weighted by Gasteiger charge is -2.50. The summed E-state index contributed by atoms with van der Waals surface area (Å²) in [6.07, 6.45) is -1.95. The van der Waals surface area contributed by atoms with Gasteiger partial charge in [-0.2, -0.15) is 0 Å². The van der Waals surface area contributed by atoms with Gasteiger partial charge in [-0.25, -0.2) is 9.59 Å². The van der Waals surface area contributed by atoms with Gasteiger partial charge in [0.2, 0.25) is 17.7 Å². The lowest BCUT2D eigenvalue weighted by Crippen LogP contribution is -2.71. The number of hydrogen-bond donors (Lipinski definition) is 3. The Morgan fingerprint density at radius 2 is 1.48 bits per heavy atom. The number of alkyl carbamates (subject to hydrolysis) is 1. The molecule has 1 spiro atoms. The molecule has 4 heterocycles. The van der Waals surface area contributed by atoms with Gasteiger partial charge in [0.05, 0.1) is 20.2 Å². The van der Waals surface area contributed by atoms with Gasteiger partial charge in [0, 0.05) is 31.7 Å². The summed E-state index contributed by atoms with van der Waals surface area (Å²) in [7, 11) is 1.14. The van der Waals surface area contributed by atoms with Crippen LogP contribution in [0.5, 0.6) is 0 Å². The van der Waals surface area contributed by atoms with Gasteiger partial charge in [-0.1, -0.05) is 97.9 Å². The van der Waals surface area contributed by atoms with Crippen molar-refractivity contribution >= 4 is 52.4 Å². The Kier molecular flexibility index (Phi) is 9.59. The van der Waals surface area contributed by atoms with Crippen molar-refractivity contribution in [3.63, 3.8) is 0 Å². The standard InChI is InChI=1S/C46H45N5O10/c1-3-46(20-19-37(52)53)41(57)50-25-44(22-36(50)39(55)51(46)23-28-13-10-12-27-11-4-5-14-29(27)28)40(56)49-26-45(42(58)60-2,21-35(49)38(54)47-44)48-43(59)61-24-34-32-17-8-6-15-30(32)31-16-7-9-18-33(31)34/h4-18,34-36H,3,19-26H2,1-2H3,(H,47,54)(H,48,59)(H,52,53)/t35?,36-,44-,45-,46+/m0/s1. The molecule has 1 aliphatic carbocycles. The number of benzene rings is 4.